The van der Waals surface area contributed by atoms with Crippen molar-refractivity contribution in [2.75, 3.05) is 20.3 Å². The number of methoxy groups -OCH3 is 1. The second-order valence-electron chi connectivity index (χ2n) is 4.02. The minimum atomic E-state index is -0.563. The van der Waals surface area contributed by atoms with Crippen molar-refractivity contribution in [3.8, 4) is 0 Å². The molecule has 4 N–H and O–H groups in total. The van der Waals surface area contributed by atoms with Crippen LogP contribution in [-0.4, -0.2) is 42.9 Å². The molecule has 0 saturated heterocycles. The van der Waals surface area contributed by atoms with Gasteiger partial charge < -0.3 is 20.9 Å². The van der Waals surface area contributed by atoms with Crippen LogP contribution in [0.1, 0.15) is 20.3 Å². The van der Waals surface area contributed by atoms with Crippen molar-refractivity contribution in [3.63, 3.8) is 0 Å². The highest BCUT2D eigenvalue weighted by atomic mass is 16.5. The molecule has 0 aromatic heterocycles. The van der Waals surface area contributed by atoms with Gasteiger partial charge in [0, 0.05) is 25.6 Å². The van der Waals surface area contributed by atoms with E-state index in [0.29, 0.717) is 6.54 Å². The number of carbonyl (C=O) groups excluding carboxylic acids is 1. The van der Waals surface area contributed by atoms with Crippen LogP contribution in [0.15, 0.2) is 0 Å². The summed E-state index contributed by atoms with van der Waals surface area (Å²) in [6, 6.07) is 0. The third-order valence-electron chi connectivity index (χ3n) is 1.79. The molecule has 0 aliphatic heterocycles. The molecule has 0 saturated carbocycles. The second-order valence-corrected chi connectivity index (χ2v) is 4.02. The fourth-order valence-electron chi connectivity index (χ4n) is 1.14. The van der Waals surface area contributed by atoms with Crippen LogP contribution in [0.4, 0.5) is 0 Å². The van der Waals surface area contributed by atoms with Crippen LogP contribution < -0.4 is 11.1 Å². The van der Waals surface area contributed by atoms with Crippen LogP contribution in [0.2, 0.25) is 0 Å². The van der Waals surface area contributed by atoms with Crippen LogP contribution >= 0.6 is 0 Å². The molecule has 5 heteroatoms. The number of amides is 1. The van der Waals surface area contributed by atoms with Gasteiger partial charge in [-0.1, -0.05) is 0 Å². The highest BCUT2D eigenvalue weighted by Gasteiger charge is 2.20. The molecule has 0 aromatic rings. The van der Waals surface area contributed by atoms with Crippen molar-refractivity contribution in [1.29, 1.82) is 0 Å². The minimum absolute atomic E-state index is 0.243. The van der Waals surface area contributed by atoms with Crippen LogP contribution in [0, 0.1) is 0 Å². The smallest absolute Gasteiger partial charge is 0.219 e. The molecule has 14 heavy (non-hydrogen) atoms. The Balaban J connectivity index is 3.80. The Morgan fingerprint density at radius 2 is 2.21 bits per heavy atom. The van der Waals surface area contributed by atoms with Crippen molar-refractivity contribution in [2.24, 2.45) is 5.73 Å². The van der Waals surface area contributed by atoms with Gasteiger partial charge in [0.15, 0.2) is 0 Å². The van der Waals surface area contributed by atoms with Gasteiger partial charge in [0.25, 0.3) is 0 Å². The summed E-state index contributed by atoms with van der Waals surface area (Å²) in [6.07, 6.45) is -0.320. The van der Waals surface area contributed by atoms with Gasteiger partial charge in [0.1, 0.15) is 0 Å². The lowest BCUT2D eigenvalue weighted by Gasteiger charge is -2.26. The molecule has 0 heterocycles. The third kappa shape index (κ3) is 6.82. The quantitative estimate of drug-likeness (QED) is 0.509. The van der Waals surface area contributed by atoms with Crippen molar-refractivity contribution in [3.05, 3.63) is 0 Å². The Bertz CT molecular complexity index is 183. The molecular formula is C9H20N2O3. The van der Waals surface area contributed by atoms with E-state index in [2.05, 4.69) is 5.32 Å². The number of ether oxygens (including phenoxy) is 1. The summed E-state index contributed by atoms with van der Waals surface area (Å²) < 4.78 is 4.77. The number of aliphatic hydroxyl groups excluding tert-OH is 1. The summed E-state index contributed by atoms with van der Waals surface area (Å²) >= 11 is 0. The molecule has 0 aliphatic carbocycles. The van der Waals surface area contributed by atoms with E-state index >= 15 is 0 Å². The summed E-state index contributed by atoms with van der Waals surface area (Å²) in [7, 11) is 1.53. The van der Waals surface area contributed by atoms with Gasteiger partial charge in [-0.25, -0.2) is 0 Å². The lowest BCUT2D eigenvalue weighted by molar-refractivity contribution is -0.119. The number of nitrogens with one attached hydrogen (secondary N) is 1. The maximum Gasteiger partial charge on any atom is 0.219 e. The zero-order valence-corrected chi connectivity index (χ0v) is 9.04. The molecule has 0 radical (unpaired) electrons. The Morgan fingerprint density at radius 3 is 2.64 bits per heavy atom. The van der Waals surface area contributed by atoms with Gasteiger partial charge in [-0.15, -0.1) is 0 Å². The van der Waals surface area contributed by atoms with Crippen LogP contribution in [-0.2, 0) is 9.53 Å². The number of β-amino-alcohol motifs (C(OH)–C–C–N with tert-alkyl or cyclic N) is 1. The van der Waals surface area contributed by atoms with E-state index in [1.807, 2.05) is 13.8 Å². The molecule has 0 fully saturated rings. The maximum atomic E-state index is 10.7. The molecular weight excluding hydrogens is 184 g/mol. The Morgan fingerprint density at radius 1 is 1.64 bits per heavy atom. The van der Waals surface area contributed by atoms with E-state index in [0.717, 1.165) is 0 Å². The van der Waals surface area contributed by atoms with E-state index in [-0.39, 0.29) is 24.5 Å². The molecule has 0 rings (SSSR count). The lowest BCUT2D eigenvalue weighted by Crippen LogP contribution is -2.46. The first-order valence-electron chi connectivity index (χ1n) is 4.58. The van der Waals surface area contributed by atoms with E-state index in [1.165, 1.54) is 7.11 Å². The van der Waals surface area contributed by atoms with Crippen molar-refractivity contribution < 1.29 is 14.6 Å². The zero-order valence-electron chi connectivity index (χ0n) is 9.04. The Labute approximate surface area is 84.6 Å². The highest BCUT2D eigenvalue weighted by molar-refractivity contribution is 5.74. The average Bonchev–Trinajstić information content (AvgIpc) is 1.99. The number of rotatable bonds is 7. The number of hydrogen-bond acceptors (Lipinski definition) is 4. The summed E-state index contributed by atoms with van der Waals surface area (Å²) in [5.41, 5.74) is 4.69. The summed E-state index contributed by atoms with van der Waals surface area (Å²) in [5, 5.41) is 12.4. The molecule has 1 unspecified atom stereocenters. The van der Waals surface area contributed by atoms with Crippen LogP contribution in [0.25, 0.3) is 0 Å². The molecule has 0 spiro atoms. The second kappa shape index (κ2) is 5.95. The normalized spacial score (nSPS) is 14.0. The third-order valence-corrected chi connectivity index (χ3v) is 1.79. The molecule has 84 valence electrons. The Hall–Kier alpha value is -0.650. The molecule has 1 atom stereocenters. The standard InChI is InChI=1S/C9H20N2O3/c1-9(2,4-8(10)13)11-5-7(12)6-14-3/h7,11-12H,4-6H2,1-3H3,(H2,10,13). The van der Waals surface area contributed by atoms with Gasteiger partial charge in [-0.3, -0.25) is 4.79 Å². The molecule has 5 nitrogen and oxygen atoms in total. The predicted molar refractivity (Wildman–Crippen MR) is 53.8 cm³/mol. The van der Waals surface area contributed by atoms with Gasteiger partial charge in [0.05, 0.1) is 12.7 Å². The van der Waals surface area contributed by atoms with Crippen molar-refractivity contribution >= 4 is 5.91 Å². The van der Waals surface area contributed by atoms with Gasteiger partial charge in [0.2, 0.25) is 5.91 Å². The first-order valence-corrected chi connectivity index (χ1v) is 4.58. The first kappa shape index (κ1) is 13.4. The van der Waals surface area contributed by atoms with Gasteiger partial charge in [-0.05, 0) is 13.8 Å². The summed E-state index contributed by atoms with van der Waals surface area (Å²) in [6.45, 7) is 4.38. The summed E-state index contributed by atoms with van der Waals surface area (Å²) in [5.74, 6) is -0.358. The number of aliphatic hydroxyl groups is 1. The van der Waals surface area contributed by atoms with Crippen molar-refractivity contribution in [1.82, 2.24) is 5.32 Å². The largest absolute Gasteiger partial charge is 0.389 e. The number of carbonyl (C=O) groups is 1. The first-order chi connectivity index (χ1) is 6.37. The number of hydrogen-bond donors (Lipinski definition) is 3. The van der Waals surface area contributed by atoms with E-state index in [9.17, 15) is 9.90 Å². The minimum Gasteiger partial charge on any atom is -0.389 e. The Kier molecular flexibility index (Phi) is 5.68. The fourth-order valence-corrected chi connectivity index (χ4v) is 1.14. The molecule has 0 aromatic carbocycles. The van der Waals surface area contributed by atoms with Crippen molar-refractivity contribution in [2.45, 2.75) is 31.9 Å². The van der Waals surface area contributed by atoms with Crippen LogP contribution in [0.5, 0.6) is 0 Å². The van der Waals surface area contributed by atoms with Crippen LogP contribution in [0.3, 0.4) is 0 Å². The highest BCUT2D eigenvalue weighted by Crippen LogP contribution is 2.06. The fraction of sp³-hybridized carbons (Fsp3) is 0.889. The monoisotopic (exact) mass is 204 g/mol. The SMILES string of the molecule is COCC(O)CNC(C)(C)CC(N)=O. The zero-order chi connectivity index (χ0) is 11.2. The van der Waals surface area contributed by atoms with E-state index in [4.69, 9.17) is 10.5 Å². The average molecular weight is 204 g/mol. The summed E-state index contributed by atoms with van der Waals surface area (Å²) in [4.78, 5) is 10.7. The van der Waals surface area contributed by atoms with Gasteiger partial charge in [-0.2, -0.15) is 0 Å². The topological polar surface area (TPSA) is 84.6 Å². The maximum absolute atomic E-state index is 10.7. The van der Waals surface area contributed by atoms with E-state index in [1.54, 1.807) is 0 Å². The molecule has 1 amide bonds. The van der Waals surface area contributed by atoms with Gasteiger partial charge >= 0.3 is 0 Å². The number of primary amides is 1. The van der Waals surface area contributed by atoms with E-state index < -0.39 is 6.10 Å². The molecule has 0 bridgehead atoms. The number of nitrogens with two attached hydrogens (primary N) is 1. The molecule has 0 aliphatic rings. The lowest BCUT2D eigenvalue weighted by atomic mass is 10.0. The predicted octanol–water partition coefficient (Wildman–Crippen LogP) is -0.763.